The minimum Gasteiger partial charge on any atom is -0.377 e. The first-order valence-corrected chi connectivity index (χ1v) is 6.94. The molecule has 0 fully saturated rings. The van der Waals surface area contributed by atoms with E-state index in [0.29, 0.717) is 6.42 Å². The van der Waals surface area contributed by atoms with Gasteiger partial charge in [0.2, 0.25) is 0 Å². The van der Waals surface area contributed by atoms with Crippen LogP contribution in [-0.4, -0.2) is 0 Å². The number of hydrogen-bond donors (Lipinski definition) is 1. The molecular weight excluding hydrogens is 300 g/mol. The Kier molecular flexibility index (Phi) is 4.59. The highest BCUT2D eigenvalue weighted by molar-refractivity contribution is 9.10. The third-order valence-electron chi connectivity index (χ3n) is 3.01. The monoisotopic (exact) mass is 314 g/mol. The van der Waals surface area contributed by atoms with E-state index in [9.17, 15) is 0 Å². The first-order chi connectivity index (χ1) is 9.20. The van der Waals surface area contributed by atoms with Gasteiger partial charge < -0.3 is 5.32 Å². The predicted octanol–water partition coefficient (Wildman–Crippen LogP) is 4.82. The Morgan fingerprint density at radius 1 is 1.21 bits per heavy atom. The highest BCUT2D eigenvalue weighted by Gasteiger charge is 2.10. The van der Waals surface area contributed by atoms with Gasteiger partial charge >= 0.3 is 0 Å². The van der Waals surface area contributed by atoms with Crippen LogP contribution in [0, 0.1) is 18.3 Å². The van der Waals surface area contributed by atoms with Crippen molar-refractivity contribution in [3.8, 4) is 6.07 Å². The third kappa shape index (κ3) is 3.59. The number of anilines is 1. The lowest BCUT2D eigenvalue weighted by atomic mass is 10.0. The molecule has 1 atom stereocenters. The van der Waals surface area contributed by atoms with E-state index in [-0.39, 0.29) is 6.04 Å². The van der Waals surface area contributed by atoms with E-state index in [1.54, 1.807) is 0 Å². The summed E-state index contributed by atoms with van der Waals surface area (Å²) >= 11 is 3.53. The zero-order chi connectivity index (χ0) is 13.7. The van der Waals surface area contributed by atoms with Crippen LogP contribution in [0.25, 0.3) is 0 Å². The first-order valence-electron chi connectivity index (χ1n) is 6.15. The number of nitriles is 1. The van der Waals surface area contributed by atoms with Gasteiger partial charge in [0.25, 0.3) is 0 Å². The van der Waals surface area contributed by atoms with Crippen LogP contribution < -0.4 is 5.32 Å². The van der Waals surface area contributed by atoms with Crippen LogP contribution in [0.2, 0.25) is 0 Å². The SMILES string of the molecule is Cc1ccc(NC(CC#N)c2ccccc2)cc1Br. The number of hydrogen-bond acceptors (Lipinski definition) is 2. The van der Waals surface area contributed by atoms with Crippen LogP contribution in [0.15, 0.2) is 53.0 Å². The van der Waals surface area contributed by atoms with Crippen molar-refractivity contribution in [2.45, 2.75) is 19.4 Å². The van der Waals surface area contributed by atoms with Crippen molar-refractivity contribution in [1.82, 2.24) is 0 Å². The molecule has 2 rings (SSSR count). The molecule has 0 aliphatic heterocycles. The van der Waals surface area contributed by atoms with Crippen molar-refractivity contribution in [3.05, 3.63) is 64.1 Å². The Labute approximate surface area is 122 Å². The van der Waals surface area contributed by atoms with E-state index >= 15 is 0 Å². The molecule has 0 saturated carbocycles. The molecule has 3 heteroatoms. The van der Waals surface area contributed by atoms with Gasteiger partial charge in [-0.05, 0) is 30.2 Å². The Balaban J connectivity index is 2.22. The lowest BCUT2D eigenvalue weighted by Gasteiger charge is -2.18. The Morgan fingerprint density at radius 3 is 2.58 bits per heavy atom. The maximum atomic E-state index is 8.98. The fraction of sp³-hybridized carbons (Fsp3) is 0.188. The summed E-state index contributed by atoms with van der Waals surface area (Å²) in [7, 11) is 0. The number of nitrogens with zero attached hydrogens (tertiary/aromatic N) is 1. The van der Waals surface area contributed by atoms with E-state index in [0.717, 1.165) is 15.7 Å². The van der Waals surface area contributed by atoms with Crippen molar-refractivity contribution in [2.24, 2.45) is 0 Å². The predicted molar refractivity (Wildman–Crippen MR) is 81.9 cm³/mol. The van der Waals surface area contributed by atoms with Gasteiger partial charge in [0, 0.05) is 10.2 Å². The number of aryl methyl sites for hydroxylation is 1. The third-order valence-corrected chi connectivity index (χ3v) is 3.86. The zero-order valence-electron chi connectivity index (χ0n) is 10.7. The second-order valence-corrected chi connectivity index (χ2v) is 5.29. The summed E-state index contributed by atoms with van der Waals surface area (Å²) < 4.78 is 1.07. The molecule has 1 unspecified atom stereocenters. The maximum absolute atomic E-state index is 8.98. The number of rotatable bonds is 4. The molecule has 0 aliphatic rings. The molecule has 0 radical (unpaired) electrons. The minimum absolute atomic E-state index is 0.0146. The highest BCUT2D eigenvalue weighted by Crippen LogP contribution is 2.26. The second kappa shape index (κ2) is 6.40. The Morgan fingerprint density at radius 2 is 1.95 bits per heavy atom. The molecule has 2 nitrogen and oxygen atoms in total. The summed E-state index contributed by atoms with van der Waals surface area (Å²) in [5.41, 5.74) is 3.34. The molecule has 2 aromatic rings. The molecule has 0 bridgehead atoms. The maximum Gasteiger partial charge on any atom is 0.0647 e. The molecule has 2 aromatic carbocycles. The second-order valence-electron chi connectivity index (χ2n) is 4.43. The van der Waals surface area contributed by atoms with Crippen LogP contribution in [0.5, 0.6) is 0 Å². The molecule has 0 aromatic heterocycles. The summed E-state index contributed by atoms with van der Waals surface area (Å²) in [5.74, 6) is 0. The molecule has 0 saturated heterocycles. The van der Waals surface area contributed by atoms with E-state index in [2.05, 4.69) is 40.3 Å². The van der Waals surface area contributed by atoms with Crippen molar-refractivity contribution < 1.29 is 0 Å². The van der Waals surface area contributed by atoms with Crippen molar-refractivity contribution in [3.63, 3.8) is 0 Å². The molecule has 0 heterocycles. The van der Waals surface area contributed by atoms with Crippen LogP contribution in [-0.2, 0) is 0 Å². The van der Waals surface area contributed by atoms with Gasteiger partial charge in [0.1, 0.15) is 0 Å². The Hall–Kier alpha value is -1.79. The topological polar surface area (TPSA) is 35.8 Å². The molecule has 0 aliphatic carbocycles. The van der Waals surface area contributed by atoms with E-state index in [4.69, 9.17) is 5.26 Å². The van der Waals surface area contributed by atoms with Gasteiger partial charge in [-0.3, -0.25) is 0 Å². The van der Waals surface area contributed by atoms with Crippen molar-refractivity contribution in [1.29, 1.82) is 5.26 Å². The summed E-state index contributed by atoms with van der Waals surface area (Å²) in [6.07, 6.45) is 0.440. The summed E-state index contributed by atoms with van der Waals surface area (Å²) in [5, 5.41) is 12.4. The summed E-state index contributed by atoms with van der Waals surface area (Å²) in [6.45, 7) is 2.05. The van der Waals surface area contributed by atoms with Gasteiger partial charge in [-0.1, -0.05) is 52.3 Å². The first kappa shape index (κ1) is 13.6. The van der Waals surface area contributed by atoms with Gasteiger partial charge in [-0.2, -0.15) is 5.26 Å². The molecule has 0 amide bonds. The number of halogens is 1. The van der Waals surface area contributed by atoms with Crippen LogP contribution in [0.4, 0.5) is 5.69 Å². The largest absolute Gasteiger partial charge is 0.377 e. The molecule has 1 N–H and O–H groups in total. The Bertz CT molecular complexity index is 587. The lowest BCUT2D eigenvalue weighted by molar-refractivity contribution is 0.806. The molecule has 96 valence electrons. The number of nitrogens with one attached hydrogen (secondary N) is 1. The van der Waals surface area contributed by atoms with Gasteiger partial charge in [0.15, 0.2) is 0 Å². The van der Waals surface area contributed by atoms with Crippen LogP contribution in [0.1, 0.15) is 23.6 Å². The van der Waals surface area contributed by atoms with Crippen LogP contribution >= 0.6 is 15.9 Å². The van der Waals surface area contributed by atoms with Crippen molar-refractivity contribution >= 4 is 21.6 Å². The van der Waals surface area contributed by atoms with Crippen LogP contribution in [0.3, 0.4) is 0 Å². The van der Waals surface area contributed by atoms with Gasteiger partial charge in [0.05, 0.1) is 18.5 Å². The van der Waals surface area contributed by atoms with E-state index < -0.39 is 0 Å². The fourth-order valence-corrected chi connectivity index (χ4v) is 2.29. The molecule has 19 heavy (non-hydrogen) atoms. The summed E-state index contributed by atoms with van der Waals surface area (Å²) in [6, 6.07) is 18.4. The summed E-state index contributed by atoms with van der Waals surface area (Å²) in [4.78, 5) is 0. The average molecular weight is 315 g/mol. The normalized spacial score (nSPS) is 11.6. The van der Waals surface area contributed by atoms with Gasteiger partial charge in [-0.15, -0.1) is 0 Å². The van der Waals surface area contributed by atoms with Crippen molar-refractivity contribution in [2.75, 3.05) is 5.32 Å². The van der Waals surface area contributed by atoms with Gasteiger partial charge in [-0.25, -0.2) is 0 Å². The molecular formula is C16H15BrN2. The highest BCUT2D eigenvalue weighted by atomic mass is 79.9. The molecule has 0 spiro atoms. The lowest BCUT2D eigenvalue weighted by Crippen LogP contribution is -2.10. The fourth-order valence-electron chi connectivity index (χ4n) is 1.91. The number of benzene rings is 2. The zero-order valence-corrected chi connectivity index (χ0v) is 12.3. The quantitative estimate of drug-likeness (QED) is 0.877. The minimum atomic E-state index is 0.0146. The van der Waals surface area contributed by atoms with E-state index in [1.165, 1.54) is 5.56 Å². The smallest absolute Gasteiger partial charge is 0.0647 e. The standard InChI is InChI=1S/C16H15BrN2/c1-12-7-8-14(11-15(12)17)19-16(9-10-18)13-5-3-2-4-6-13/h2-8,11,16,19H,9H2,1H3. The van der Waals surface area contributed by atoms with E-state index in [1.807, 2.05) is 42.5 Å². The average Bonchev–Trinajstić information content (AvgIpc) is 2.43.